The van der Waals surface area contributed by atoms with Crippen LogP contribution in [0.5, 0.6) is 0 Å². The van der Waals surface area contributed by atoms with Crippen LogP contribution in [0.15, 0.2) is 144 Å². The van der Waals surface area contributed by atoms with Crippen molar-refractivity contribution >= 4 is 0 Å². The van der Waals surface area contributed by atoms with Gasteiger partial charge in [-0.15, -0.1) is 0 Å². The molecule has 1 spiro atoms. The minimum atomic E-state index is -0.369. The van der Waals surface area contributed by atoms with Crippen LogP contribution in [0, 0.1) is 23.7 Å². The van der Waals surface area contributed by atoms with E-state index in [4.69, 9.17) is 6.58 Å². The van der Waals surface area contributed by atoms with Gasteiger partial charge in [-0.25, -0.2) is 0 Å². The molecule has 38 heavy (non-hydrogen) atoms. The molecule has 0 aliphatic heterocycles. The van der Waals surface area contributed by atoms with Gasteiger partial charge in [0.25, 0.3) is 0 Å². The Bertz CT molecular complexity index is 1540. The molecule has 2 N–H and O–H groups in total. The quantitative estimate of drug-likeness (QED) is 0.388. The monoisotopic (exact) mass is 496 g/mol. The van der Waals surface area contributed by atoms with E-state index in [1.807, 2.05) is 24.3 Å². The normalized spacial score (nSPS) is 29.4. The molecule has 2 aromatic rings. The van der Waals surface area contributed by atoms with Gasteiger partial charge >= 0.3 is 0 Å². The van der Waals surface area contributed by atoms with E-state index in [2.05, 4.69) is 85.8 Å². The minimum Gasteiger partial charge on any atom is -0.508 e. The Morgan fingerprint density at radius 1 is 0.789 bits per heavy atom. The highest BCUT2D eigenvalue weighted by Gasteiger charge is 2.60. The van der Waals surface area contributed by atoms with E-state index in [1.54, 1.807) is 0 Å². The van der Waals surface area contributed by atoms with Crippen LogP contribution in [-0.2, 0) is 5.41 Å². The topological polar surface area (TPSA) is 40.5 Å². The number of fused-ring (bicyclic) bond motifs is 9. The second-order valence-corrected chi connectivity index (χ2v) is 11.2. The van der Waals surface area contributed by atoms with Gasteiger partial charge in [-0.2, -0.15) is 0 Å². The van der Waals surface area contributed by atoms with E-state index in [0.717, 1.165) is 24.0 Å². The minimum absolute atomic E-state index is 0.0767. The third-order valence-corrected chi connectivity index (χ3v) is 9.48. The standard InChI is InChI=1S/C36H32O2/c1-3-23-20-26(37)16-18-28(23)34-22(2)12-13-24-14-15-25-21-27(38)17-19-29(25)35(24)36(34)32-10-6-4-8-30(32)31-9-5-7-11-33(31)36/h3-11,14-21,28-29,34-35,37-38H,2,12-13H2,1H3/b23-3-/t28?,29?,34-,35+/m0/s1. The van der Waals surface area contributed by atoms with Crippen molar-refractivity contribution in [3.63, 3.8) is 0 Å². The zero-order valence-electron chi connectivity index (χ0n) is 21.6. The van der Waals surface area contributed by atoms with Crippen molar-refractivity contribution in [3.8, 4) is 11.1 Å². The zero-order valence-corrected chi connectivity index (χ0v) is 21.6. The Kier molecular flexibility index (Phi) is 5.16. The third-order valence-electron chi connectivity index (χ3n) is 9.48. The van der Waals surface area contributed by atoms with E-state index in [0.29, 0.717) is 11.5 Å². The fraction of sp³-hybridized carbons (Fsp3) is 0.222. The van der Waals surface area contributed by atoms with E-state index in [-0.39, 0.29) is 29.1 Å². The second kappa shape index (κ2) is 8.49. The lowest BCUT2D eigenvalue weighted by atomic mass is 9.50. The molecule has 2 aromatic carbocycles. The molecule has 7 rings (SSSR count). The molecule has 0 aromatic heterocycles. The molecular formula is C36H32O2. The van der Waals surface area contributed by atoms with Crippen LogP contribution < -0.4 is 0 Å². The van der Waals surface area contributed by atoms with Crippen molar-refractivity contribution in [1.29, 1.82) is 0 Å². The van der Waals surface area contributed by atoms with Crippen molar-refractivity contribution in [2.75, 3.05) is 0 Å². The summed E-state index contributed by atoms with van der Waals surface area (Å²) in [6.07, 6.45) is 20.6. The molecular weight excluding hydrogens is 464 g/mol. The largest absolute Gasteiger partial charge is 0.508 e. The lowest BCUT2D eigenvalue weighted by Crippen LogP contribution is -2.49. The Balaban J connectivity index is 1.59. The summed E-state index contributed by atoms with van der Waals surface area (Å²) in [5.41, 5.74) is 9.97. The Labute approximate surface area is 224 Å². The molecule has 0 amide bonds. The summed E-state index contributed by atoms with van der Waals surface area (Å²) in [4.78, 5) is 0. The molecule has 0 saturated heterocycles. The third kappa shape index (κ3) is 3.07. The van der Waals surface area contributed by atoms with Crippen LogP contribution in [-0.4, -0.2) is 10.2 Å². The summed E-state index contributed by atoms with van der Waals surface area (Å²) in [7, 11) is 0. The fourth-order valence-corrected chi connectivity index (χ4v) is 8.14. The fourth-order valence-electron chi connectivity index (χ4n) is 8.14. The first-order valence-electron chi connectivity index (χ1n) is 13.7. The van der Waals surface area contributed by atoms with Crippen molar-refractivity contribution in [2.24, 2.45) is 23.7 Å². The molecule has 188 valence electrons. The first-order chi connectivity index (χ1) is 18.5. The SMILES string of the molecule is C=C1CCC2=CC=C3C=C(O)C=CC3[C@@H]2C2(c3ccccc3-c3ccccc32)[C@@H]1C1C=CC(O)=C/C1=C/C. The summed E-state index contributed by atoms with van der Waals surface area (Å²) < 4.78 is 0. The number of benzene rings is 2. The average Bonchev–Trinajstić information content (AvgIpc) is 3.15. The molecule has 0 heterocycles. The summed E-state index contributed by atoms with van der Waals surface area (Å²) in [5.74, 6) is 1.09. The highest BCUT2D eigenvalue weighted by atomic mass is 16.3. The second-order valence-electron chi connectivity index (χ2n) is 11.2. The van der Waals surface area contributed by atoms with Gasteiger partial charge in [0.05, 0.1) is 0 Å². The number of aliphatic hydroxyl groups is 2. The Morgan fingerprint density at radius 3 is 2.11 bits per heavy atom. The number of hydrogen-bond donors (Lipinski definition) is 2. The molecule has 2 heteroatoms. The molecule has 5 aliphatic carbocycles. The van der Waals surface area contributed by atoms with Gasteiger partial charge in [-0.3, -0.25) is 0 Å². The molecule has 0 radical (unpaired) electrons. The van der Waals surface area contributed by atoms with Gasteiger partial charge in [0, 0.05) is 29.1 Å². The molecule has 2 nitrogen and oxygen atoms in total. The first kappa shape index (κ1) is 23.1. The van der Waals surface area contributed by atoms with Crippen molar-refractivity contribution in [2.45, 2.75) is 25.2 Å². The molecule has 1 fully saturated rings. The van der Waals surface area contributed by atoms with Crippen LogP contribution >= 0.6 is 0 Å². The highest BCUT2D eigenvalue weighted by molar-refractivity contribution is 5.83. The zero-order chi connectivity index (χ0) is 26.0. The van der Waals surface area contributed by atoms with Crippen LogP contribution in [0.4, 0.5) is 0 Å². The van der Waals surface area contributed by atoms with Gasteiger partial charge in [0.1, 0.15) is 11.5 Å². The number of aliphatic hydroxyl groups excluding tert-OH is 2. The summed E-state index contributed by atoms with van der Waals surface area (Å²) in [6, 6.07) is 17.9. The maximum Gasteiger partial charge on any atom is 0.115 e. The van der Waals surface area contributed by atoms with Gasteiger partial charge in [0.2, 0.25) is 0 Å². The molecule has 2 unspecified atom stereocenters. The predicted molar refractivity (Wildman–Crippen MR) is 155 cm³/mol. The first-order valence-corrected chi connectivity index (χ1v) is 13.7. The van der Waals surface area contributed by atoms with Gasteiger partial charge in [-0.1, -0.05) is 96.6 Å². The maximum atomic E-state index is 10.4. The average molecular weight is 497 g/mol. The lowest BCUT2D eigenvalue weighted by molar-refractivity contribution is 0.221. The van der Waals surface area contributed by atoms with Gasteiger partial charge in [0.15, 0.2) is 0 Å². The molecule has 1 saturated carbocycles. The van der Waals surface area contributed by atoms with Crippen LogP contribution in [0.3, 0.4) is 0 Å². The summed E-state index contributed by atoms with van der Waals surface area (Å²) >= 11 is 0. The van der Waals surface area contributed by atoms with E-state index in [1.165, 1.54) is 33.4 Å². The van der Waals surface area contributed by atoms with Gasteiger partial charge in [-0.05, 0) is 77.5 Å². The smallest absolute Gasteiger partial charge is 0.115 e. The highest BCUT2D eigenvalue weighted by Crippen LogP contribution is 2.66. The Morgan fingerprint density at radius 2 is 1.42 bits per heavy atom. The van der Waals surface area contributed by atoms with Crippen LogP contribution in [0.25, 0.3) is 11.1 Å². The molecule has 4 atom stereocenters. The number of allylic oxidation sites excluding steroid dienone is 13. The van der Waals surface area contributed by atoms with Crippen LogP contribution in [0.2, 0.25) is 0 Å². The Hall–Kier alpha value is -4.04. The van der Waals surface area contributed by atoms with E-state index in [9.17, 15) is 10.2 Å². The lowest BCUT2D eigenvalue weighted by Gasteiger charge is -2.51. The maximum absolute atomic E-state index is 10.4. The van der Waals surface area contributed by atoms with Crippen molar-refractivity contribution in [1.82, 2.24) is 0 Å². The predicted octanol–water partition coefficient (Wildman–Crippen LogP) is 8.60. The number of rotatable bonds is 1. The summed E-state index contributed by atoms with van der Waals surface area (Å²) in [6.45, 7) is 6.87. The molecule has 0 bridgehead atoms. The van der Waals surface area contributed by atoms with E-state index < -0.39 is 0 Å². The number of hydrogen-bond acceptors (Lipinski definition) is 2. The van der Waals surface area contributed by atoms with Crippen molar-refractivity contribution < 1.29 is 10.2 Å². The molecule has 5 aliphatic rings. The van der Waals surface area contributed by atoms with Crippen molar-refractivity contribution in [3.05, 3.63) is 155 Å². The van der Waals surface area contributed by atoms with Crippen LogP contribution in [0.1, 0.15) is 30.9 Å². The van der Waals surface area contributed by atoms with Gasteiger partial charge < -0.3 is 10.2 Å². The van der Waals surface area contributed by atoms with E-state index >= 15 is 0 Å². The summed E-state index contributed by atoms with van der Waals surface area (Å²) in [5, 5.41) is 20.9.